The third kappa shape index (κ3) is 3.05. The van der Waals surface area contributed by atoms with Gasteiger partial charge in [-0.1, -0.05) is 0 Å². The van der Waals surface area contributed by atoms with Crippen molar-refractivity contribution in [3.8, 4) is 0 Å². The molecule has 2 aromatic heterocycles. The molecular weight excluding hydrogens is 333 g/mol. The highest BCUT2D eigenvalue weighted by atomic mass is 31.2. The molecule has 2 aromatic rings. The molecule has 0 saturated carbocycles. The molecule has 0 aromatic carbocycles. The van der Waals surface area contributed by atoms with E-state index in [0.717, 1.165) is 0 Å². The highest BCUT2D eigenvalue weighted by molar-refractivity contribution is 7.46. The van der Waals surface area contributed by atoms with E-state index < -0.39 is 39.0 Å². The van der Waals surface area contributed by atoms with Gasteiger partial charge in [-0.15, -0.1) is 0 Å². The first-order valence-corrected chi connectivity index (χ1v) is 7.95. The largest absolute Gasteiger partial charge is 0.469 e. The molecule has 126 valence electrons. The van der Waals surface area contributed by atoms with Crippen LogP contribution in [-0.2, 0) is 13.8 Å². The summed E-state index contributed by atoms with van der Waals surface area (Å²) in [7, 11) is -4.72. The van der Waals surface area contributed by atoms with Crippen molar-refractivity contribution < 1.29 is 33.8 Å². The lowest BCUT2D eigenvalue weighted by molar-refractivity contribution is -0.0504. The molecule has 0 aliphatic carbocycles. The van der Waals surface area contributed by atoms with Gasteiger partial charge in [-0.3, -0.25) is 9.09 Å². The Balaban J connectivity index is 1.85. The maximum Gasteiger partial charge on any atom is 0.469 e. The van der Waals surface area contributed by atoms with Crippen molar-refractivity contribution in [1.82, 2.24) is 19.5 Å². The Labute approximate surface area is 128 Å². The quantitative estimate of drug-likeness (QED) is 0.390. The number of aliphatic hydroxyl groups is 2. The van der Waals surface area contributed by atoms with E-state index in [1.807, 2.05) is 0 Å². The van der Waals surface area contributed by atoms with Gasteiger partial charge in [-0.2, -0.15) is 0 Å². The molecule has 1 saturated heterocycles. The molecule has 2 unspecified atom stereocenters. The summed E-state index contributed by atoms with van der Waals surface area (Å²) in [5, 5.41) is 20.1. The molecule has 0 spiro atoms. The number of imidazole rings is 1. The first-order valence-electron chi connectivity index (χ1n) is 6.42. The topological polar surface area (TPSA) is 186 Å². The van der Waals surface area contributed by atoms with Gasteiger partial charge in [-0.05, 0) is 0 Å². The highest BCUT2D eigenvalue weighted by Crippen LogP contribution is 2.38. The van der Waals surface area contributed by atoms with Gasteiger partial charge in [0, 0.05) is 0 Å². The Kier molecular flexibility index (Phi) is 4.06. The first-order chi connectivity index (χ1) is 10.8. The van der Waals surface area contributed by atoms with Gasteiger partial charge in [0.25, 0.3) is 0 Å². The van der Waals surface area contributed by atoms with Crippen LogP contribution in [0, 0.1) is 0 Å². The number of aliphatic hydroxyl groups excluding tert-OH is 2. The van der Waals surface area contributed by atoms with E-state index in [9.17, 15) is 14.8 Å². The second-order valence-corrected chi connectivity index (χ2v) is 6.15. The molecule has 0 amide bonds. The van der Waals surface area contributed by atoms with Crippen molar-refractivity contribution in [2.24, 2.45) is 0 Å². The third-order valence-electron chi connectivity index (χ3n) is 3.41. The van der Waals surface area contributed by atoms with E-state index in [0.29, 0.717) is 5.52 Å². The number of nitrogens with zero attached hydrogens (tertiary/aromatic N) is 4. The van der Waals surface area contributed by atoms with Crippen molar-refractivity contribution in [3.05, 3.63) is 12.7 Å². The van der Waals surface area contributed by atoms with Crippen molar-refractivity contribution in [1.29, 1.82) is 0 Å². The predicted octanol–water partition coefficient (Wildman–Crippen LogP) is -1.86. The fourth-order valence-electron chi connectivity index (χ4n) is 2.32. The Morgan fingerprint density at radius 3 is 2.74 bits per heavy atom. The molecule has 3 rings (SSSR count). The predicted molar refractivity (Wildman–Crippen MR) is 73.7 cm³/mol. The first kappa shape index (κ1) is 16.2. The molecule has 12 nitrogen and oxygen atoms in total. The highest BCUT2D eigenvalue weighted by Gasteiger charge is 2.45. The monoisotopic (exact) mass is 347 g/mol. The van der Waals surface area contributed by atoms with Crippen LogP contribution in [0.5, 0.6) is 0 Å². The molecule has 0 bridgehead atoms. The number of phosphoric acid groups is 1. The second-order valence-electron chi connectivity index (χ2n) is 4.92. The molecule has 13 heteroatoms. The van der Waals surface area contributed by atoms with Gasteiger partial charge in [0.1, 0.15) is 30.2 Å². The average molecular weight is 347 g/mol. The number of ether oxygens (including phenoxy) is 1. The molecule has 4 atom stereocenters. The molecule has 3 heterocycles. The summed E-state index contributed by atoms with van der Waals surface area (Å²) >= 11 is 0. The summed E-state index contributed by atoms with van der Waals surface area (Å²) < 4.78 is 21.8. The van der Waals surface area contributed by atoms with E-state index in [-0.39, 0.29) is 11.5 Å². The zero-order chi connectivity index (χ0) is 16.8. The number of hydrogen-bond donors (Lipinski definition) is 5. The summed E-state index contributed by atoms with van der Waals surface area (Å²) in [4.78, 5) is 29.2. The van der Waals surface area contributed by atoms with Crippen LogP contribution in [0.3, 0.4) is 0 Å². The van der Waals surface area contributed by atoms with Crippen LogP contribution in [0.1, 0.15) is 6.23 Å². The minimum Gasteiger partial charge on any atom is -0.387 e. The summed E-state index contributed by atoms with van der Waals surface area (Å²) in [6, 6.07) is 0. The summed E-state index contributed by atoms with van der Waals surface area (Å²) in [5.74, 6) is 0.142. The normalized spacial score (nSPS) is 28.5. The van der Waals surface area contributed by atoms with Gasteiger partial charge in [0.05, 0.1) is 12.9 Å². The zero-order valence-electron chi connectivity index (χ0n) is 11.5. The third-order valence-corrected chi connectivity index (χ3v) is 3.89. The molecule has 0 radical (unpaired) electrons. The number of nitrogen functional groups attached to an aromatic ring is 1. The maximum atomic E-state index is 10.7. The molecule has 1 aliphatic rings. The van der Waals surface area contributed by atoms with Gasteiger partial charge in [-0.25, -0.2) is 19.5 Å². The van der Waals surface area contributed by atoms with Gasteiger partial charge >= 0.3 is 7.82 Å². The van der Waals surface area contributed by atoms with Crippen molar-refractivity contribution >= 4 is 24.8 Å². The average Bonchev–Trinajstić information content (AvgIpc) is 3.01. The number of anilines is 1. The molecule has 1 aliphatic heterocycles. The molecular formula is C10H14N5O7P. The number of nitrogens with two attached hydrogens (primary N) is 1. The Bertz CT molecular complexity index is 763. The number of fused-ring (bicyclic) bond motifs is 1. The van der Waals surface area contributed by atoms with Crippen LogP contribution in [-0.4, -0.2) is 64.4 Å². The van der Waals surface area contributed by atoms with Crippen molar-refractivity contribution in [2.75, 3.05) is 12.3 Å². The van der Waals surface area contributed by atoms with E-state index in [1.54, 1.807) is 0 Å². The van der Waals surface area contributed by atoms with Crippen LogP contribution in [0.25, 0.3) is 11.2 Å². The van der Waals surface area contributed by atoms with Gasteiger partial charge in [0.15, 0.2) is 17.7 Å². The van der Waals surface area contributed by atoms with Gasteiger partial charge in [0.2, 0.25) is 0 Å². The maximum absolute atomic E-state index is 10.7. The van der Waals surface area contributed by atoms with E-state index in [1.165, 1.54) is 17.2 Å². The Morgan fingerprint density at radius 2 is 2.04 bits per heavy atom. The molecule has 6 N–H and O–H groups in total. The fraction of sp³-hybridized carbons (Fsp3) is 0.500. The van der Waals surface area contributed by atoms with Gasteiger partial charge < -0.3 is 30.5 Å². The minimum absolute atomic E-state index is 0.142. The van der Waals surface area contributed by atoms with E-state index in [4.69, 9.17) is 20.3 Å². The second kappa shape index (κ2) is 5.76. The molecule has 1 fully saturated rings. The van der Waals surface area contributed by atoms with Crippen LogP contribution in [0.4, 0.5) is 5.82 Å². The fourth-order valence-corrected chi connectivity index (χ4v) is 2.66. The number of hydrogen-bond acceptors (Lipinski definition) is 9. The van der Waals surface area contributed by atoms with Crippen molar-refractivity contribution in [2.45, 2.75) is 24.5 Å². The Hall–Kier alpha value is -1.66. The standard InChI is InChI=1S/C10H14N5O7P/c11-8-5-9(13-2-12-8)15(3-14-5)10-7(17)6(16)4(22-10)1-21-23(18,19)20/h2-4,6-7,10,16-17H,1H2,(H2,11,12,13)(H2,18,19,20)/t4-,6?,7?,10-/m0/s1. The van der Waals surface area contributed by atoms with E-state index >= 15 is 0 Å². The lowest BCUT2D eigenvalue weighted by atomic mass is 10.1. The minimum atomic E-state index is -4.72. The van der Waals surface area contributed by atoms with Crippen LogP contribution >= 0.6 is 7.82 Å². The van der Waals surface area contributed by atoms with Crippen LogP contribution in [0.2, 0.25) is 0 Å². The summed E-state index contributed by atoms with van der Waals surface area (Å²) in [6.07, 6.45) is -2.49. The smallest absolute Gasteiger partial charge is 0.387 e. The van der Waals surface area contributed by atoms with E-state index in [2.05, 4.69) is 19.5 Å². The number of phosphoric ester groups is 1. The Morgan fingerprint density at radius 1 is 1.30 bits per heavy atom. The van der Waals surface area contributed by atoms with Crippen LogP contribution < -0.4 is 5.73 Å². The lowest BCUT2D eigenvalue weighted by Gasteiger charge is -2.16. The summed E-state index contributed by atoms with van der Waals surface area (Å²) in [5.41, 5.74) is 6.25. The SMILES string of the molecule is Nc1ncnc2c1ncn2[C@H]1O[C@@H](COP(=O)(O)O)C(O)C1O. The zero-order valence-corrected chi connectivity index (χ0v) is 12.4. The number of rotatable bonds is 4. The molecule has 23 heavy (non-hydrogen) atoms. The number of aromatic nitrogens is 4. The lowest BCUT2D eigenvalue weighted by Crippen LogP contribution is -2.33. The van der Waals surface area contributed by atoms with Crippen molar-refractivity contribution in [3.63, 3.8) is 0 Å². The summed E-state index contributed by atoms with van der Waals surface area (Å²) in [6.45, 7) is -0.594. The van der Waals surface area contributed by atoms with Crippen LogP contribution in [0.15, 0.2) is 12.7 Å².